The van der Waals surface area contributed by atoms with Gasteiger partial charge < -0.3 is 5.11 Å². The molecular formula is C12H9BrClFN2O. The molecule has 1 aliphatic rings. The predicted molar refractivity (Wildman–Crippen MR) is 70.5 cm³/mol. The molecule has 0 aliphatic heterocycles. The standard InChI is InChI=1S/C12H9BrClFN2O/c13-6-4-7-9(8(14)5-6)16-11(17-10(7)18)12(15)2-1-3-12/h4-5H,1-3H2,(H,16,17,18). The number of hydrogen-bond donors (Lipinski definition) is 1. The van der Waals surface area contributed by atoms with E-state index < -0.39 is 5.67 Å². The van der Waals surface area contributed by atoms with Crippen molar-refractivity contribution in [3.8, 4) is 5.88 Å². The minimum atomic E-state index is -1.51. The molecule has 1 heterocycles. The molecule has 1 aromatic carbocycles. The normalized spacial score (nSPS) is 17.7. The van der Waals surface area contributed by atoms with E-state index in [1.807, 2.05) is 0 Å². The van der Waals surface area contributed by atoms with Gasteiger partial charge in [0.25, 0.3) is 0 Å². The average molecular weight is 332 g/mol. The third-order valence-electron chi connectivity index (χ3n) is 3.25. The van der Waals surface area contributed by atoms with Crippen molar-refractivity contribution < 1.29 is 9.50 Å². The van der Waals surface area contributed by atoms with Crippen molar-refractivity contribution in [1.82, 2.24) is 9.97 Å². The Labute approximate surface area is 116 Å². The van der Waals surface area contributed by atoms with Gasteiger partial charge in [0, 0.05) is 4.47 Å². The fraction of sp³-hybridized carbons (Fsp3) is 0.333. The van der Waals surface area contributed by atoms with Crippen LogP contribution in [-0.2, 0) is 5.67 Å². The Hall–Kier alpha value is -0.940. The Morgan fingerprint density at radius 3 is 2.67 bits per heavy atom. The van der Waals surface area contributed by atoms with Crippen molar-refractivity contribution in [3.63, 3.8) is 0 Å². The molecule has 0 amide bonds. The van der Waals surface area contributed by atoms with Gasteiger partial charge in [0.2, 0.25) is 5.88 Å². The summed E-state index contributed by atoms with van der Waals surface area (Å²) in [5.41, 5.74) is -1.13. The van der Waals surface area contributed by atoms with Crippen LogP contribution in [0.25, 0.3) is 10.9 Å². The van der Waals surface area contributed by atoms with Gasteiger partial charge in [-0.25, -0.2) is 9.37 Å². The zero-order valence-electron chi connectivity index (χ0n) is 9.25. The van der Waals surface area contributed by atoms with Crippen LogP contribution in [-0.4, -0.2) is 15.1 Å². The van der Waals surface area contributed by atoms with Crippen molar-refractivity contribution in [2.24, 2.45) is 0 Å². The van der Waals surface area contributed by atoms with Crippen LogP contribution < -0.4 is 0 Å². The largest absolute Gasteiger partial charge is 0.493 e. The van der Waals surface area contributed by atoms with Gasteiger partial charge in [-0.2, -0.15) is 4.98 Å². The molecule has 0 atom stereocenters. The van der Waals surface area contributed by atoms with Crippen molar-refractivity contribution in [2.45, 2.75) is 24.9 Å². The van der Waals surface area contributed by atoms with Crippen molar-refractivity contribution in [2.75, 3.05) is 0 Å². The number of aromatic nitrogens is 2. The summed E-state index contributed by atoms with van der Waals surface area (Å²) in [6.45, 7) is 0. The SMILES string of the molecule is Oc1nc(C2(F)CCC2)nc2c(Cl)cc(Br)cc12. The summed E-state index contributed by atoms with van der Waals surface area (Å²) in [6, 6.07) is 3.32. The average Bonchev–Trinajstić information content (AvgIpc) is 2.27. The minimum absolute atomic E-state index is 0.0305. The topological polar surface area (TPSA) is 46.0 Å². The smallest absolute Gasteiger partial charge is 0.222 e. The summed E-state index contributed by atoms with van der Waals surface area (Å²) in [7, 11) is 0. The highest BCUT2D eigenvalue weighted by molar-refractivity contribution is 9.10. The van der Waals surface area contributed by atoms with E-state index in [0.29, 0.717) is 33.2 Å². The molecule has 0 spiro atoms. The molecule has 1 aromatic heterocycles. The van der Waals surface area contributed by atoms with Gasteiger partial charge in [0.15, 0.2) is 11.5 Å². The number of aromatic hydroxyl groups is 1. The first kappa shape index (κ1) is 12.1. The molecule has 94 valence electrons. The lowest BCUT2D eigenvalue weighted by atomic mass is 9.81. The lowest BCUT2D eigenvalue weighted by molar-refractivity contribution is 0.0504. The van der Waals surface area contributed by atoms with Crippen LogP contribution in [0.2, 0.25) is 5.02 Å². The Bertz CT molecular complexity index is 646. The molecule has 0 radical (unpaired) electrons. The Kier molecular flexibility index (Phi) is 2.71. The predicted octanol–water partition coefficient (Wildman–Crippen LogP) is 4.10. The molecule has 0 saturated heterocycles. The Morgan fingerprint density at radius 1 is 1.33 bits per heavy atom. The zero-order valence-corrected chi connectivity index (χ0v) is 11.6. The van der Waals surface area contributed by atoms with Gasteiger partial charge >= 0.3 is 0 Å². The second-order valence-electron chi connectivity index (χ2n) is 4.47. The van der Waals surface area contributed by atoms with Crippen LogP contribution in [0.4, 0.5) is 4.39 Å². The van der Waals surface area contributed by atoms with Crippen LogP contribution in [0.15, 0.2) is 16.6 Å². The number of alkyl halides is 1. The van der Waals surface area contributed by atoms with E-state index >= 15 is 0 Å². The molecule has 1 aliphatic carbocycles. The van der Waals surface area contributed by atoms with Crippen LogP contribution in [0.5, 0.6) is 5.88 Å². The zero-order chi connectivity index (χ0) is 12.9. The summed E-state index contributed by atoms with van der Waals surface area (Å²) in [5.74, 6) is -0.204. The minimum Gasteiger partial charge on any atom is -0.493 e. The fourth-order valence-electron chi connectivity index (χ4n) is 2.05. The number of halogens is 3. The van der Waals surface area contributed by atoms with Crippen molar-refractivity contribution in [3.05, 3.63) is 27.5 Å². The molecular weight excluding hydrogens is 322 g/mol. The molecule has 6 heteroatoms. The van der Waals surface area contributed by atoms with E-state index in [0.717, 1.165) is 6.42 Å². The molecule has 1 N–H and O–H groups in total. The van der Waals surface area contributed by atoms with Gasteiger partial charge in [-0.3, -0.25) is 0 Å². The number of rotatable bonds is 1. The molecule has 18 heavy (non-hydrogen) atoms. The summed E-state index contributed by atoms with van der Waals surface area (Å²) in [4.78, 5) is 8.04. The second kappa shape index (κ2) is 4.03. The van der Waals surface area contributed by atoms with Crippen molar-refractivity contribution >= 4 is 38.4 Å². The van der Waals surface area contributed by atoms with Crippen LogP contribution in [0.1, 0.15) is 25.1 Å². The summed E-state index contributed by atoms with van der Waals surface area (Å²) in [6.07, 6.45) is 1.60. The monoisotopic (exact) mass is 330 g/mol. The van der Waals surface area contributed by atoms with Gasteiger partial charge in [-0.05, 0) is 31.4 Å². The van der Waals surface area contributed by atoms with E-state index in [2.05, 4.69) is 25.9 Å². The maximum Gasteiger partial charge on any atom is 0.222 e. The molecule has 3 nitrogen and oxygen atoms in total. The molecule has 0 bridgehead atoms. The number of fused-ring (bicyclic) bond motifs is 1. The van der Waals surface area contributed by atoms with E-state index in [4.69, 9.17) is 11.6 Å². The van der Waals surface area contributed by atoms with E-state index in [-0.39, 0.29) is 11.7 Å². The van der Waals surface area contributed by atoms with Crippen LogP contribution >= 0.6 is 27.5 Å². The molecule has 1 fully saturated rings. The number of hydrogen-bond acceptors (Lipinski definition) is 3. The van der Waals surface area contributed by atoms with E-state index in [1.54, 1.807) is 12.1 Å². The first-order valence-corrected chi connectivity index (χ1v) is 6.72. The van der Waals surface area contributed by atoms with Gasteiger partial charge in [-0.15, -0.1) is 0 Å². The fourth-order valence-corrected chi connectivity index (χ4v) is 2.90. The summed E-state index contributed by atoms with van der Waals surface area (Å²) < 4.78 is 15.0. The highest BCUT2D eigenvalue weighted by atomic mass is 79.9. The first-order chi connectivity index (χ1) is 8.49. The highest BCUT2D eigenvalue weighted by Gasteiger charge is 2.42. The first-order valence-electron chi connectivity index (χ1n) is 5.55. The number of nitrogens with zero attached hydrogens (tertiary/aromatic N) is 2. The van der Waals surface area contributed by atoms with Gasteiger partial charge in [0.1, 0.15) is 0 Å². The molecule has 0 unspecified atom stereocenters. The quantitative estimate of drug-likeness (QED) is 0.855. The lowest BCUT2D eigenvalue weighted by Crippen LogP contribution is -2.31. The molecule has 2 aromatic rings. The Morgan fingerprint density at radius 2 is 2.06 bits per heavy atom. The van der Waals surface area contributed by atoms with Gasteiger partial charge in [0.05, 0.1) is 15.9 Å². The van der Waals surface area contributed by atoms with Crippen molar-refractivity contribution in [1.29, 1.82) is 0 Å². The third kappa shape index (κ3) is 1.77. The van der Waals surface area contributed by atoms with E-state index in [1.165, 1.54) is 0 Å². The van der Waals surface area contributed by atoms with E-state index in [9.17, 15) is 9.50 Å². The highest BCUT2D eigenvalue weighted by Crippen LogP contribution is 2.45. The maximum absolute atomic E-state index is 14.3. The van der Waals surface area contributed by atoms with Gasteiger partial charge in [-0.1, -0.05) is 27.5 Å². The maximum atomic E-state index is 14.3. The number of benzene rings is 1. The van der Waals surface area contributed by atoms with Crippen LogP contribution in [0.3, 0.4) is 0 Å². The Balaban J connectivity index is 2.27. The third-order valence-corrected chi connectivity index (χ3v) is 3.99. The summed E-state index contributed by atoms with van der Waals surface area (Å²) in [5, 5.41) is 10.7. The molecule has 1 saturated carbocycles. The lowest BCUT2D eigenvalue weighted by Gasteiger charge is -2.32. The van der Waals surface area contributed by atoms with Crippen LogP contribution in [0, 0.1) is 0 Å². The second-order valence-corrected chi connectivity index (χ2v) is 5.80. The molecule has 3 rings (SSSR count). The summed E-state index contributed by atoms with van der Waals surface area (Å²) >= 11 is 9.34.